The summed E-state index contributed by atoms with van der Waals surface area (Å²) in [6.07, 6.45) is -0.800. The van der Waals surface area contributed by atoms with Crippen LogP contribution in [0, 0.1) is 17.1 Å². The molecule has 0 atom stereocenters. The van der Waals surface area contributed by atoms with E-state index < -0.39 is 12.2 Å². The van der Waals surface area contributed by atoms with Crippen LogP contribution in [0.3, 0.4) is 0 Å². The Bertz CT molecular complexity index is 649. The van der Waals surface area contributed by atoms with Gasteiger partial charge in [-0.2, -0.15) is 5.26 Å². The zero-order valence-corrected chi connectivity index (χ0v) is 14.8. The lowest BCUT2D eigenvalue weighted by Gasteiger charge is -2.32. The minimum absolute atomic E-state index is 0.146. The summed E-state index contributed by atoms with van der Waals surface area (Å²) in [4.78, 5) is 6.16. The van der Waals surface area contributed by atoms with Crippen LogP contribution in [0.4, 0.5) is 13.2 Å². The smallest absolute Gasteiger partial charge is 0.251 e. The van der Waals surface area contributed by atoms with Gasteiger partial charge in [0.15, 0.2) is 5.96 Å². The summed E-state index contributed by atoms with van der Waals surface area (Å²) < 4.78 is 38.8. The van der Waals surface area contributed by atoms with Gasteiger partial charge in [-0.1, -0.05) is 6.07 Å². The summed E-state index contributed by atoms with van der Waals surface area (Å²) in [6.45, 7) is 3.80. The van der Waals surface area contributed by atoms with Crippen molar-refractivity contribution in [2.24, 2.45) is 4.99 Å². The molecule has 2 N–H and O–H groups in total. The molecule has 1 aromatic rings. The van der Waals surface area contributed by atoms with E-state index >= 15 is 0 Å². The van der Waals surface area contributed by atoms with Gasteiger partial charge >= 0.3 is 0 Å². The number of piperidine rings is 1. The number of hydrogen-bond acceptors (Lipinski definition) is 3. The van der Waals surface area contributed by atoms with E-state index in [0.717, 1.165) is 12.8 Å². The van der Waals surface area contributed by atoms with Gasteiger partial charge < -0.3 is 10.6 Å². The molecule has 0 aliphatic carbocycles. The fourth-order valence-electron chi connectivity index (χ4n) is 2.88. The van der Waals surface area contributed by atoms with Crippen molar-refractivity contribution in [3.05, 3.63) is 35.1 Å². The first-order valence-corrected chi connectivity index (χ1v) is 8.75. The highest BCUT2D eigenvalue weighted by Crippen LogP contribution is 2.13. The van der Waals surface area contributed by atoms with Gasteiger partial charge in [-0.05, 0) is 31.9 Å². The summed E-state index contributed by atoms with van der Waals surface area (Å²) >= 11 is 0. The van der Waals surface area contributed by atoms with E-state index in [-0.39, 0.29) is 24.7 Å². The molecule has 1 saturated heterocycles. The predicted molar refractivity (Wildman–Crippen MR) is 94.5 cm³/mol. The van der Waals surface area contributed by atoms with Gasteiger partial charge in [0.05, 0.1) is 24.7 Å². The standard InChI is InChI=1S/C18H24F3N5/c1-2-23-18(24-11-14-4-3-13(10-22)9-16(14)19)25-15-5-7-26(8-6-15)12-17(20)21/h3-4,9,15,17H,2,5-8,11-12H2,1H3,(H2,23,24,25). The van der Waals surface area contributed by atoms with Crippen LogP contribution in [0.25, 0.3) is 0 Å². The molecule has 0 amide bonds. The highest BCUT2D eigenvalue weighted by Gasteiger charge is 2.22. The molecule has 0 unspecified atom stereocenters. The molecule has 1 heterocycles. The Morgan fingerprint density at radius 2 is 2.12 bits per heavy atom. The van der Waals surface area contributed by atoms with E-state index in [1.54, 1.807) is 17.0 Å². The number of nitriles is 1. The number of hydrogen-bond donors (Lipinski definition) is 2. The summed E-state index contributed by atoms with van der Waals surface area (Å²) in [5.41, 5.74) is 0.684. The average Bonchev–Trinajstić information content (AvgIpc) is 2.61. The minimum Gasteiger partial charge on any atom is -0.357 e. The fraction of sp³-hybridized carbons (Fsp3) is 0.556. The van der Waals surface area contributed by atoms with Crippen molar-refractivity contribution in [2.75, 3.05) is 26.2 Å². The van der Waals surface area contributed by atoms with Crippen LogP contribution < -0.4 is 10.6 Å². The third-order valence-corrected chi connectivity index (χ3v) is 4.26. The van der Waals surface area contributed by atoms with Crippen molar-refractivity contribution >= 4 is 5.96 Å². The van der Waals surface area contributed by atoms with Crippen LogP contribution in [-0.2, 0) is 6.54 Å². The molecule has 1 fully saturated rings. The Labute approximate surface area is 151 Å². The lowest BCUT2D eigenvalue weighted by Crippen LogP contribution is -2.49. The topological polar surface area (TPSA) is 63.5 Å². The molecule has 0 saturated carbocycles. The SMILES string of the molecule is CCNC(=NCc1ccc(C#N)cc1F)NC1CCN(CC(F)F)CC1. The highest BCUT2D eigenvalue weighted by molar-refractivity contribution is 5.80. The Kier molecular flexibility index (Phi) is 7.73. The number of halogens is 3. The first kappa shape index (κ1) is 20.0. The summed E-state index contributed by atoms with van der Waals surface area (Å²) in [7, 11) is 0. The molecule has 1 aliphatic rings. The molecule has 0 aromatic heterocycles. The molecular formula is C18H24F3N5. The predicted octanol–water partition coefficient (Wildman–Crippen LogP) is 2.48. The largest absolute Gasteiger partial charge is 0.357 e. The maximum absolute atomic E-state index is 14.0. The second-order valence-corrected chi connectivity index (χ2v) is 6.22. The van der Waals surface area contributed by atoms with Gasteiger partial charge in [-0.3, -0.25) is 4.90 Å². The third-order valence-electron chi connectivity index (χ3n) is 4.26. The molecule has 1 aromatic carbocycles. The van der Waals surface area contributed by atoms with Crippen molar-refractivity contribution < 1.29 is 13.2 Å². The van der Waals surface area contributed by atoms with Crippen molar-refractivity contribution in [3.8, 4) is 6.07 Å². The molecule has 0 bridgehead atoms. The number of nitrogens with one attached hydrogen (secondary N) is 2. The number of nitrogens with zero attached hydrogens (tertiary/aromatic N) is 3. The van der Waals surface area contributed by atoms with E-state index in [4.69, 9.17) is 5.26 Å². The summed E-state index contributed by atoms with van der Waals surface area (Å²) in [6, 6.07) is 6.36. The lowest BCUT2D eigenvalue weighted by atomic mass is 10.1. The molecule has 8 heteroatoms. The fourth-order valence-corrected chi connectivity index (χ4v) is 2.88. The van der Waals surface area contributed by atoms with Crippen LogP contribution >= 0.6 is 0 Å². The van der Waals surface area contributed by atoms with Gasteiger partial charge in [0.2, 0.25) is 0 Å². The van der Waals surface area contributed by atoms with E-state index in [1.807, 2.05) is 13.0 Å². The van der Waals surface area contributed by atoms with Gasteiger partial charge in [0, 0.05) is 31.2 Å². The minimum atomic E-state index is -2.30. The van der Waals surface area contributed by atoms with Gasteiger partial charge in [0.1, 0.15) is 5.82 Å². The molecule has 142 valence electrons. The van der Waals surface area contributed by atoms with Crippen LogP contribution in [-0.4, -0.2) is 49.5 Å². The van der Waals surface area contributed by atoms with Crippen molar-refractivity contribution in [1.29, 1.82) is 5.26 Å². The Morgan fingerprint density at radius 3 is 2.69 bits per heavy atom. The zero-order chi connectivity index (χ0) is 18.9. The molecule has 1 aliphatic heterocycles. The van der Waals surface area contributed by atoms with E-state index in [1.165, 1.54) is 6.07 Å². The Balaban J connectivity index is 1.92. The molecule has 2 rings (SSSR count). The number of aliphatic imine (C=N–C) groups is 1. The zero-order valence-electron chi connectivity index (χ0n) is 14.8. The first-order valence-electron chi connectivity index (χ1n) is 8.75. The Hall–Kier alpha value is -2.27. The van der Waals surface area contributed by atoms with Crippen molar-refractivity contribution in [3.63, 3.8) is 0 Å². The quantitative estimate of drug-likeness (QED) is 0.599. The molecule has 0 radical (unpaired) electrons. The normalized spacial score (nSPS) is 16.5. The second kappa shape index (κ2) is 10.0. The summed E-state index contributed by atoms with van der Waals surface area (Å²) in [5, 5.41) is 15.2. The monoisotopic (exact) mass is 367 g/mol. The molecule has 5 nitrogen and oxygen atoms in total. The second-order valence-electron chi connectivity index (χ2n) is 6.22. The average molecular weight is 367 g/mol. The number of benzene rings is 1. The van der Waals surface area contributed by atoms with Crippen molar-refractivity contribution in [1.82, 2.24) is 15.5 Å². The third kappa shape index (κ3) is 6.23. The number of guanidine groups is 1. The maximum Gasteiger partial charge on any atom is 0.251 e. The van der Waals surface area contributed by atoms with E-state index in [0.29, 0.717) is 31.2 Å². The number of likely N-dealkylation sites (tertiary alicyclic amines) is 1. The summed E-state index contributed by atoms with van der Waals surface area (Å²) in [5.74, 6) is 0.118. The van der Waals surface area contributed by atoms with Crippen LogP contribution in [0.2, 0.25) is 0 Å². The van der Waals surface area contributed by atoms with Crippen molar-refractivity contribution in [2.45, 2.75) is 38.8 Å². The lowest BCUT2D eigenvalue weighted by molar-refractivity contribution is 0.0744. The molecule has 0 spiro atoms. The van der Waals surface area contributed by atoms with E-state index in [9.17, 15) is 13.2 Å². The maximum atomic E-state index is 14.0. The number of alkyl halides is 2. The highest BCUT2D eigenvalue weighted by atomic mass is 19.3. The van der Waals surface area contributed by atoms with Crippen LogP contribution in [0.1, 0.15) is 30.9 Å². The number of rotatable bonds is 6. The van der Waals surface area contributed by atoms with Gasteiger partial charge in [-0.25, -0.2) is 18.2 Å². The molecular weight excluding hydrogens is 343 g/mol. The van der Waals surface area contributed by atoms with Crippen LogP contribution in [0.15, 0.2) is 23.2 Å². The first-order chi connectivity index (χ1) is 12.5. The van der Waals surface area contributed by atoms with Crippen LogP contribution in [0.5, 0.6) is 0 Å². The Morgan fingerprint density at radius 1 is 1.38 bits per heavy atom. The van der Waals surface area contributed by atoms with E-state index in [2.05, 4.69) is 15.6 Å². The van der Waals surface area contributed by atoms with Gasteiger partial charge in [0.25, 0.3) is 6.43 Å². The molecule has 26 heavy (non-hydrogen) atoms. The van der Waals surface area contributed by atoms with Gasteiger partial charge in [-0.15, -0.1) is 0 Å².